The van der Waals surface area contributed by atoms with Gasteiger partial charge in [-0.25, -0.2) is 0 Å². The van der Waals surface area contributed by atoms with Gasteiger partial charge >= 0.3 is 0 Å². The average molecular weight is 221 g/mol. The first-order valence-corrected chi connectivity index (χ1v) is 5.25. The number of hydrogen-bond acceptors (Lipinski definition) is 4. The number of ether oxygens (including phenoxy) is 2. The van der Waals surface area contributed by atoms with Crippen LogP contribution in [0, 0.1) is 0 Å². The molecule has 0 amide bonds. The van der Waals surface area contributed by atoms with E-state index >= 15 is 0 Å². The second-order valence-electron chi connectivity index (χ2n) is 3.49. The second-order valence-corrected chi connectivity index (χ2v) is 3.49. The molecule has 5 heteroatoms. The third kappa shape index (κ3) is 1.80. The monoisotopic (exact) mass is 221 g/mol. The van der Waals surface area contributed by atoms with E-state index < -0.39 is 0 Å². The largest absolute Gasteiger partial charge is 0.493 e. The van der Waals surface area contributed by atoms with Crippen LogP contribution in [0.3, 0.4) is 0 Å². The Balaban J connectivity index is 2.51. The van der Waals surface area contributed by atoms with E-state index in [2.05, 4.69) is 17.1 Å². The van der Waals surface area contributed by atoms with E-state index in [1.54, 1.807) is 19.0 Å². The van der Waals surface area contributed by atoms with Crippen LogP contribution in [0.15, 0.2) is 12.1 Å². The molecule has 0 unspecified atom stereocenters. The number of nitrogens with zero attached hydrogens (tertiary/aromatic N) is 3. The zero-order valence-electron chi connectivity index (χ0n) is 9.73. The Labute approximate surface area is 94.0 Å². The minimum atomic E-state index is 0.679. The van der Waals surface area contributed by atoms with Gasteiger partial charge in [0.1, 0.15) is 11.0 Å². The molecule has 1 aromatic carbocycles. The van der Waals surface area contributed by atoms with Crippen LogP contribution in [0.2, 0.25) is 0 Å². The topological polar surface area (TPSA) is 49.2 Å². The highest BCUT2D eigenvalue weighted by atomic mass is 16.5. The van der Waals surface area contributed by atoms with Gasteiger partial charge in [0.25, 0.3) is 0 Å². The Hall–Kier alpha value is -1.78. The molecule has 0 aliphatic carbocycles. The molecule has 0 fully saturated rings. The molecule has 0 aliphatic rings. The minimum absolute atomic E-state index is 0.679. The van der Waals surface area contributed by atoms with Crippen LogP contribution in [0.1, 0.15) is 13.3 Å². The summed E-state index contributed by atoms with van der Waals surface area (Å²) in [5.74, 6) is 1.36. The Morgan fingerprint density at radius 1 is 1.06 bits per heavy atom. The third-order valence-corrected chi connectivity index (χ3v) is 2.35. The fourth-order valence-corrected chi connectivity index (χ4v) is 1.59. The molecule has 0 saturated carbocycles. The number of aromatic nitrogens is 3. The van der Waals surface area contributed by atoms with Crippen molar-refractivity contribution >= 4 is 11.0 Å². The van der Waals surface area contributed by atoms with Crippen LogP contribution in [-0.4, -0.2) is 29.2 Å². The fourth-order valence-electron chi connectivity index (χ4n) is 1.59. The minimum Gasteiger partial charge on any atom is -0.493 e. The first-order valence-electron chi connectivity index (χ1n) is 5.25. The third-order valence-electron chi connectivity index (χ3n) is 2.35. The fraction of sp³-hybridized carbons (Fsp3) is 0.455. The second kappa shape index (κ2) is 4.38. The average Bonchev–Trinajstić information content (AvgIpc) is 2.68. The summed E-state index contributed by atoms with van der Waals surface area (Å²) in [6.07, 6.45) is 1.01. The molecule has 1 aromatic heterocycles. The van der Waals surface area contributed by atoms with Gasteiger partial charge in [0.2, 0.25) is 0 Å². The molecule has 0 spiro atoms. The normalized spacial score (nSPS) is 10.7. The van der Waals surface area contributed by atoms with Crippen LogP contribution < -0.4 is 9.47 Å². The van der Waals surface area contributed by atoms with Crippen LogP contribution in [0.4, 0.5) is 0 Å². The number of methoxy groups -OCH3 is 2. The van der Waals surface area contributed by atoms with E-state index in [1.165, 1.54) is 0 Å². The Morgan fingerprint density at radius 2 is 1.56 bits per heavy atom. The van der Waals surface area contributed by atoms with E-state index in [0.29, 0.717) is 11.5 Å². The van der Waals surface area contributed by atoms with E-state index in [0.717, 1.165) is 24.0 Å². The highest BCUT2D eigenvalue weighted by Crippen LogP contribution is 2.30. The van der Waals surface area contributed by atoms with E-state index in [9.17, 15) is 0 Å². The molecule has 0 bridgehead atoms. The number of benzene rings is 1. The van der Waals surface area contributed by atoms with Gasteiger partial charge in [-0.05, 0) is 6.42 Å². The van der Waals surface area contributed by atoms with Gasteiger partial charge < -0.3 is 9.47 Å². The number of aryl methyl sites for hydroxylation is 1. The molecule has 0 radical (unpaired) electrons. The molecular weight excluding hydrogens is 206 g/mol. The summed E-state index contributed by atoms with van der Waals surface area (Å²) in [5.41, 5.74) is 1.65. The number of rotatable bonds is 4. The van der Waals surface area contributed by atoms with Gasteiger partial charge in [0.15, 0.2) is 11.5 Å². The zero-order chi connectivity index (χ0) is 11.5. The molecule has 0 aliphatic heterocycles. The highest BCUT2D eigenvalue weighted by molar-refractivity contribution is 5.78. The molecule has 86 valence electrons. The lowest BCUT2D eigenvalue weighted by Crippen LogP contribution is -2.00. The van der Waals surface area contributed by atoms with Gasteiger partial charge in [-0.3, -0.25) is 0 Å². The molecule has 0 saturated heterocycles. The van der Waals surface area contributed by atoms with Gasteiger partial charge in [0.05, 0.1) is 20.8 Å². The SMILES string of the molecule is CCCn1nc2cc(OC)c(OC)cc2n1. The number of hydrogen-bond donors (Lipinski definition) is 0. The standard InChI is InChI=1S/C11H15N3O2/c1-4-5-14-12-8-6-10(15-2)11(16-3)7-9(8)13-14/h6-7H,4-5H2,1-3H3. The summed E-state index contributed by atoms with van der Waals surface area (Å²) in [4.78, 5) is 1.70. The predicted octanol–water partition coefficient (Wildman–Crippen LogP) is 1.86. The zero-order valence-corrected chi connectivity index (χ0v) is 9.73. The van der Waals surface area contributed by atoms with Crippen molar-refractivity contribution in [3.05, 3.63) is 12.1 Å². The molecule has 1 heterocycles. The molecule has 0 atom stereocenters. The summed E-state index contributed by atoms with van der Waals surface area (Å²) in [6, 6.07) is 3.68. The summed E-state index contributed by atoms with van der Waals surface area (Å²) in [6.45, 7) is 2.91. The van der Waals surface area contributed by atoms with Crippen molar-refractivity contribution in [2.75, 3.05) is 14.2 Å². The molecule has 0 N–H and O–H groups in total. The van der Waals surface area contributed by atoms with Crippen LogP contribution >= 0.6 is 0 Å². The maximum atomic E-state index is 5.21. The maximum absolute atomic E-state index is 5.21. The van der Waals surface area contributed by atoms with E-state index in [1.807, 2.05) is 12.1 Å². The van der Waals surface area contributed by atoms with Crippen molar-refractivity contribution < 1.29 is 9.47 Å². The van der Waals surface area contributed by atoms with E-state index in [4.69, 9.17) is 9.47 Å². The van der Waals surface area contributed by atoms with Crippen LogP contribution in [0.25, 0.3) is 11.0 Å². The van der Waals surface area contributed by atoms with Crippen LogP contribution in [0.5, 0.6) is 11.5 Å². The van der Waals surface area contributed by atoms with Crippen molar-refractivity contribution in [3.8, 4) is 11.5 Å². The van der Waals surface area contributed by atoms with Crippen molar-refractivity contribution in [2.45, 2.75) is 19.9 Å². The highest BCUT2D eigenvalue weighted by Gasteiger charge is 2.09. The summed E-state index contributed by atoms with van der Waals surface area (Å²) in [5, 5.41) is 8.71. The summed E-state index contributed by atoms with van der Waals surface area (Å²) in [7, 11) is 3.22. The van der Waals surface area contributed by atoms with E-state index in [-0.39, 0.29) is 0 Å². The lowest BCUT2D eigenvalue weighted by atomic mass is 10.3. The van der Waals surface area contributed by atoms with Gasteiger partial charge in [-0.15, -0.1) is 0 Å². The first kappa shape index (κ1) is 10.7. The molecule has 2 rings (SSSR count). The molecule has 2 aromatic rings. The van der Waals surface area contributed by atoms with Crippen molar-refractivity contribution in [1.82, 2.24) is 15.0 Å². The Bertz CT molecular complexity index is 452. The predicted molar refractivity (Wildman–Crippen MR) is 60.9 cm³/mol. The quantitative estimate of drug-likeness (QED) is 0.790. The Morgan fingerprint density at radius 3 is 1.94 bits per heavy atom. The first-order chi connectivity index (χ1) is 7.78. The smallest absolute Gasteiger partial charge is 0.163 e. The van der Waals surface area contributed by atoms with Crippen molar-refractivity contribution in [3.63, 3.8) is 0 Å². The molecular formula is C11H15N3O2. The summed E-state index contributed by atoms with van der Waals surface area (Å²) >= 11 is 0. The Kier molecular flexibility index (Phi) is 2.94. The van der Waals surface area contributed by atoms with Crippen molar-refractivity contribution in [1.29, 1.82) is 0 Å². The van der Waals surface area contributed by atoms with Gasteiger partial charge in [0, 0.05) is 12.1 Å². The summed E-state index contributed by atoms with van der Waals surface area (Å²) < 4.78 is 10.4. The van der Waals surface area contributed by atoms with Crippen LogP contribution in [-0.2, 0) is 6.54 Å². The van der Waals surface area contributed by atoms with Crippen molar-refractivity contribution in [2.24, 2.45) is 0 Å². The lowest BCUT2D eigenvalue weighted by molar-refractivity contribution is 0.356. The maximum Gasteiger partial charge on any atom is 0.163 e. The number of fused-ring (bicyclic) bond motifs is 1. The molecule has 5 nitrogen and oxygen atoms in total. The van der Waals surface area contributed by atoms with Gasteiger partial charge in [-0.2, -0.15) is 15.0 Å². The van der Waals surface area contributed by atoms with Gasteiger partial charge in [-0.1, -0.05) is 6.92 Å². The molecule has 16 heavy (non-hydrogen) atoms. The lowest BCUT2D eigenvalue weighted by Gasteiger charge is -2.05.